The van der Waals surface area contributed by atoms with Crippen LogP contribution in [0.2, 0.25) is 0 Å². The lowest BCUT2D eigenvalue weighted by Crippen LogP contribution is -1.97. The second-order valence-electron chi connectivity index (χ2n) is 6.76. The molecular formula is C18H17FN6O. The molecule has 0 aromatic carbocycles. The molecule has 1 fully saturated rings. The third-order valence-corrected chi connectivity index (χ3v) is 4.98. The van der Waals surface area contributed by atoms with Crippen LogP contribution in [0.1, 0.15) is 41.2 Å². The minimum absolute atomic E-state index is 0.197. The Balaban J connectivity index is 1.50. The van der Waals surface area contributed by atoms with Gasteiger partial charge in [-0.25, -0.2) is 18.9 Å². The third kappa shape index (κ3) is 2.18. The topological polar surface area (TPSA) is 69.6 Å². The van der Waals surface area contributed by atoms with Crippen molar-refractivity contribution in [2.24, 2.45) is 0 Å². The minimum atomic E-state index is -0.406. The number of methoxy groups -OCH3 is 1. The Kier molecular flexibility index (Phi) is 3.07. The molecular weight excluding hydrogens is 335 g/mol. The molecule has 0 spiro atoms. The van der Waals surface area contributed by atoms with Crippen molar-refractivity contribution < 1.29 is 9.13 Å². The highest BCUT2D eigenvalue weighted by Gasteiger charge is 2.44. The Morgan fingerprint density at radius 1 is 1.19 bits per heavy atom. The van der Waals surface area contributed by atoms with E-state index in [1.807, 2.05) is 24.6 Å². The zero-order chi connectivity index (χ0) is 18.0. The Morgan fingerprint density at radius 2 is 2.04 bits per heavy atom. The largest absolute Gasteiger partial charge is 0.493 e. The van der Waals surface area contributed by atoms with E-state index in [1.54, 1.807) is 16.7 Å². The number of hydrogen-bond donors (Lipinski definition) is 0. The summed E-state index contributed by atoms with van der Waals surface area (Å²) in [5.74, 6) is 1.08. The van der Waals surface area contributed by atoms with E-state index in [-0.39, 0.29) is 17.6 Å². The molecule has 0 amide bonds. The maximum Gasteiger partial charge on any atom is 0.181 e. The summed E-state index contributed by atoms with van der Waals surface area (Å²) >= 11 is 0. The van der Waals surface area contributed by atoms with Crippen LogP contribution in [0.5, 0.6) is 5.75 Å². The number of aromatic nitrogens is 6. The van der Waals surface area contributed by atoms with Gasteiger partial charge >= 0.3 is 0 Å². The lowest BCUT2D eigenvalue weighted by Gasteiger charge is -2.01. The van der Waals surface area contributed by atoms with Gasteiger partial charge in [0.05, 0.1) is 30.4 Å². The number of hydrogen-bond acceptors (Lipinski definition) is 5. The molecule has 1 aliphatic carbocycles. The second-order valence-corrected chi connectivity index (χ2v) is 6.76. The van der Waals surface area contributed by atoms with Crippen molar-refractivity contribution >= 4 is 11.3 Å². The van der Waals surface area contributed by atoms with Gasteiger partial charge in [0.25, 0.3) is 0 Å². The molecule has 0 radical (unpaired) electrons. The molecule has 8 heteroatoms. The number of pyridine rings is 1. The van der Waals surface area contributed by atoms with E-state index >= 15 is 0 Å². The lowest BCUT2D eigenvalue weighted by molar-refractivity contribution is 0.385. The number of nitrogens with zero attached hydrogens (tertiary/aromatic N) is 6. The molecule has 1 aliphatic rings. The van der Waals surface area contributed by atoms with Crippen molar-refractivity contribution in [1.82, 2.24) is 29.0 Å². The molecule has 4 aromatic heterocycles. The van der Waals surface area contributed by atoms with Crippen LogP contribution in [-0.4, -0.2) is 36.1 Å². The Morgan fingerprint density at radius 3 is 2.81 bits per heavy atom. The highest BCUT2D eigenvalue weighted by Crippen LogP contribution is 2.53. The fourth-order valence-corrected chi connectivity index (χ4v) is 3.42. The van der Waals surface area contributed by atoms with Gasteiger partial charge in [0.2, 0.25) is 0 Å². The molecule has 0 saturated heterocycles. The standard InChI is InChI=1S/C18H17FN6O/c1-9-6-20-10(2)18-22-17(23-25(9)18)12-4-11(12)14-8-24-7-13(19)15(26-3)5-16(24)21-14/h5-8,11-12H,4H2,1-3H3. The van der Waals surface area contributed by atoms with Gasteiger partial charge in [0.1, 0.15) is 5.65 Å². The smallest absolute Gasteiger partial charge is 0.181 e. The average molecular weight is 352 g/mol. The van der Waals surface area contributed by atoms with E-state index in [0.29, 0.717) is 5.65 Å². The molecule has 7 nitrogen and oxygen atoms in total. The predicted octanol–water partition coefficient (Wildman–Crippen LogP) is 2.81. The van der Waals surface area contributed by atoms with Gasteiger partial charge in [0.15, 0.2) is 23.0 Å². The number of halogens is 1. The summed E-state index contributed by atoms with van der Waals surface area (Å²) in [5, 5.41) is 4.66. The van der Waals surface area contributed by atoms with Crippen LogP contribution >= 0.6 is 0 Å². The number of fused-ring (bicyclic) bond motifs is 2. The highest BCUT2D eigenvalue weighted by molar-refractivity contribution is 5.48. The van der Waals surface area contributed by atoms with Crippen molar-refractivity contribution in [2.75, 3.05) is 7.11 Å². The summed E-state index contributed by atoms with van der Waals surface area (Å²) in [6.45, 7) is 3.90. The molecule has 5 rings (SSSR count). The van der Waals surface area contributed by atoms with Crippen LogP contribution in [0, 0.1) is 19.7 Å². The van der Waals surface area contributed by atoms with E-state index in [2.05, 4.69) is 20.1 Å². The average Bonchev–Trinajstić information content (AvgIpc) is 3.11. The first-order valence-electron chi connectivity index (χ1n) is 8.46. The van der Waals surface area contributed by atoms with Gasteiger partial charge in [-0.2, -0.15) is 5.10 Å². The summed E-state index contributed by atoms with van der Waals surface area (Å²) in [5.41, 5.74) is 4.21. The predicted molar refractivity (Wildman–Crippen MR) is 92.1 cm³/mol. The molecule has 1 saturated carbocycles. The van der Waals surface area contributed by atoms with Crippen LogP contribution in [-0.2, 0) is 0 Å². The Bertz CT molecular complexity index is 1120. The summed E-state index contributed by atoms with van der Waals surface area (Å²) in [6, 6.07) is 1.61. The van der Waals surface area contributed by atoms with Crippen molar-refractivity contribution in [3.05, 3.63) is 53.4 Å². The van der Waals surface area contributed by atoms with E-state index in [0.717, 1.165) is 35.0 Å². The van der Waals surface area contributed by atoms with Crippen molar-refractivity contribution in [1.29, 1.82) is 0 Å². The fourth-order valence-electron chi connectivity index (χ4n) is 3.42. The van der Waals surface area contributed by atoms with E-state index in [1.165, 1.54) is 13.3 Å². The van der Waals surface area contributed by atoms with Gasteiger partial charge < -0.3 is 9.14 Å². The Hall–Kier alpha value is -3.03. The molecule has 4 aromatic rings. The number of ether oxygens (including phenoxy) is 1. The van der Waals surface area contributed by atoms with E-state index in [4.69, 9.17) is 4.74 Å². The number of imidazole rings is 1. The molecule has 2 atom stereocenters. The van der Waals surface area contributed by atoms with Crippen molar-refractivity contribution in [2.45, 2.75) is 32.1 Å². The van der Waals surface area contributed by atoms with Crippen LogP contribution < -0.4 is 4.74 Å². The zero-order valence-corrected chi connectivity index (χ0v) is 14.6. The maximum absolute atomic E-state index is 13.9. The minimum Gasteiger partial charge on any atom is -0.493 e. The first-order chi connectivity index (χ1) is 12.5. The van der Waals surface area contributed by atoms with Gasteiger partial charge in [-0.3, -0.25) is 4.98 Å². The maximum atomic E-state index is 13.9. The summed E-state index contributed by atoms with van der Waals surface area (Å²) < 4.78 is 22.4. The van der Waals surface area contributed by atoms with Gasteiger partial charge in [0, 0.05) is 30.3 Å². The second kappa shape index (κ2) is 5.23. The van der Waals surface area contributed by atoms with Crippen LogP contribution in [0.15, 0.2) is 24.7 Å². The normalized spacial score (nSPS) is 19.4. The fraction of sp³-hybridized carbons (Fsp3) is 0.333. The first kappa shape index (κ1) is 15.2. The molecule has 0 N–H and O–H groups in total. The molecule has 4 heterocycles. The van der Waals surface area contributed by atoms with Crippen LogP contribution in [0.25, 0.3) is 11.3 Å². The first-order valence-corrected chi connectivity index (χ1v) is 8.46. The van der Waals surface area contributed by atoms with Crippen LogP contribution in [0.3, 0.4) is 0 Å². The summed E-state index contributed by atoms with van der Waals surface area (Å²) in [4.78, 5) is 13.7. The van der Waals surface area contributed by atoms with E-state index < -0.39 is 5.82 Å². The molecule has 2 unspecified atom stereocenters. The van der Waals surface area contributed by atoms with Crippen molar-refractivity contribution in [3.8, 4) is 5.75 Å². The summed E-state index contributed by atoms with van der Waals surface area (Å²) in [7, 11) is 1.45. The molecule has 26 heavy (non-hydrogen) atoms. The molecule has 0 bridgehead atoms. The number of aryl methyl sites for hydroxylation is 2. The lowest BCUT2D eigenvalue weighted by atomic mass is 10.2. The quantitative estimate of drug-likeness (QED) is 0.567. The van der Waals surface area contributed by atoms with Gasteiger partial charge in [-0.05, 0) is 20.3 Å². The van der Waals surface area contributed by atoms with Crippen LogP contribution in [0.4, 0.5) is 4.39 Å². The monoisotopic (exact) mass is 352 g/mol. The molecule has 132 valence electrons. The van der Waals surface area contributed by atoms with Gasteiger partial charge in [-0.1, -0.05) is 0 Å². The highest BCUT2D eigenvalue weighted by atomic mass is 19.1. The SMILES string of the molecule is COc1cc2nc(C3CC3c3nc4c(C)ncc(C)n4n3)cn2cc1F. The molecule has 0 aliphatic heterocycles. The third-order valence-electron chi connectivity index (χ3n) is 4.98. The van der Waals surface area contributed by atoms with Gasteiger partial charge in [-0.15, -0.1) is 0 Å². The van der Waals surface area contributed by atoms with E-state index in [9.17, 15) is 4.39 Å². The Labute approximate surface area is 148 Å². The number of rotatable bonds is 3. The van der Waals surface area contributed by atoms with Crippen molar-refractivity contribution in [3.63, 3.8) is 0 Å². The zero-order valence-electron chi connectivity index (χ0n) is 14.6. The summed E-state index contributed by atoms with van der Waals surface area (Å²) in [6.07, 6.45) is 6.00.